The van der Waals surface area contributed by atoms with E-state index < -0.39 is 37.5 Å². The van der Waals surface area contributed by atoms with Crippen molar-refractivity contribution in [3.05, 3.63) is 33.1 Å². The number of hydrogen-bond acceptors (Lipinski definition) is 7. The van der Waals surface area contributed by atoms with Crippen LogP contribution in [0, 0.1) is 0 Å². The van der Waals surface area contributed by atoms with E-state index in [4.69, 9.17) is 18.5 Å². The largest absolute Gasteiger partial charge is 0.472 e. The summed E-state index contributed by atoms with van der Waals surface area (Å²) in [5, 5.41) is 0. The minimum Gasteiger partial charge on any atom is -0.377 e. The first-order valence-corrected chi connectivity index (χ1v) is 9.47. The van der Waals surface area contributed by atoms with Gasteiger partial charge in [0.25, 0.3) is 5.56 Å². The number of unbranched alkanes of at least 4 members (excludes halogenated alkanes) is 1. The van der Waals surface area contributed by atoms with Gasteiger partial charge in [-0.25, -0.2) is 9.36 Å². The van der Waals surface area contributed by atoms with Gasteiger partial charge >= 0.3 is 13.5 Å². The van der Waals surface area contributed by atoms with Gasteiger partial charge in [-0.15, -0.1) is 0 Å². The van der Waals surface area contributed by atoms with Crippen molar-refractivity contribution in [2.45, 2.75) is 44.6 Å². The zero-order chi connectivity index (χ0) is 18.4. The molecule has 1 saturated heterocycles. The molecule has 4 atom stereocenters. The van der Waals surface area contributed by atoms with Crippen LogP contribution in [-0.4, -0.2) is 84.7 Å². The standard InChI is InChI=1S/C14H23N2O8P.Ca/c1-3-4-7-22-25(19,20)23-9-10-8-11(21-2)13(24-10)16-6-5-12(17)15-14(16)18;/h5-6,10-11,13H,3-4,7-9H2,1-2H3,(H,19,20)(H,15,17,18);/t10-,11-,13-;/m1./s1. The molecule has 1 aromatic rings. The Labute approximate surface area is 180 Å². The monoisotopic (exact) mass is 418 g/mol. The van der Waals surface area contributed by atoms with Gasteiger partial charge in [-0.1, -0.05) is 13.3 Å². The van der Waals surface area contributed by atoms with Crippen molar-refractivity contribution in [1.29, 1.82) is 0 Å². The zero-order valence-corrected chi connectivity index (χ0v) is 17.9. The Kier molecular flexibility index (Phi) is 10.2. The number of aromatic amines is 1. The molecule has 0 saturated carbocycles. The number of H-pyrrole nitrogens is 1. The number of phosphoric acid groups is 1. The summed E-state index contributed by atoms with van der Waals surface area (Å²) in [5.41, 5.74) is -1.14. The Morgan fingerprint density at radius 3 is 2.77 bits per heavy atom. The summed E-state index contributed by atoms with van der Waals surface area (Å²) < 4.78 is 33.8. The maximum absolute atomic E-state index is 11.9. The average molecular weight is 418 g/mol. The van der Waals surface area contributed by atoms with Gasteiger partial charge in [0.1, 0.15) is 6.10 Å². The van der Waals surface area contributed by atoms with E-state index >= 15 is 0 Å². The molecule has 0 bridgehead atoms. The molecule has 1 aliphatic heterocycles. The Morgan fingerprint density at radius 2 is 2.15 bits per heavy atom. The van der Waals surface area contributed by atoms with E-state index in [1.54, 1.807) is 0 Å². The van der Waals surface area contributed by atoms with Gasteiger partial charge in [0.05, 0.1) is 19.3 Å². The van der Waals surface area contributed by atoms with Gasteiger partial charge in [0.2, 0.25) is 0 Å². The summed E-state index contributed by atoms with van der Waals surface area (Å²) in [7, 11) is -2.68. The van der Waals surface area contributed by atoms with Crippen molar-refractivity contribution in [3.63, 3.8) is 0 Å². The Balaban J connectivity index is 0.00000338. The van der Waals surface area contributed by atoms with Gasteiger partial charge < -0.3 is 14.4 Å². The van der Waals surface area contributed by atoms with Crippen molar-refractivity contribution >= 4 is 45.6 Å². The molecule has 1 aromatic heterocycles. The molecule has 0 aliphatic carbocycles. The number of nitrogens with zero attached hydrogens (tertiary/aromatic N) is 1. The summed E-state index contributed by atoms with van der Waals surface area (Å²) in [6.45, 7) is 1.88. The Morgan fingerprint density at radius 1 is 1.42 bits per heavy atom. The second kappa shape index (κ2) is 11.1. The number of ether oxygens (including phenoxy) is 2. The van der Waals surface area contributed by atoms with Crippen LogP contribution >= 0.6 is 7.82 Å². The normalized spacial score (nSPS) is 24.8. The third-order valence-corrected chi connectivity index (χ3v) is 4.73. The second-order valence-electron chi connectivity index (χ2n) is 5.63. The Bertz CT molecular complexity index is 723. The van der Waals surface area contributed by atoms with Crippen molar-refractivity contribution in [2.75, 3.05) is 20.3 Å². The molecular weight excluding hydrogens is 395 g/mol. The minimum absolute atomic E-state index is 0. The number of phosphoric ester groups is 1. The number of rotatable bonds is 9. The van der Waals surface area contributed by atoms with Gasteiger partial charge in [0.15, 0.2) is 6.23 Å². The number of methoxy groups -OCH3 is 1. The van der Waals surface area contributed by atoms with E-state index in [0.717, 1.165) is 6.42 Å². The summed E-state index contributed by atoms with van der Waals surface area (Å²) in [5.74, 6) is 0. The van der Waals surface area contributed by atoms with Gasteiger partial charge in [0, 0.05) is 63.5 Å². The van der Waals surface area contributed by atoms with E-state index in [1.165, 1.54) is 23.9 Å². The fourth-order valence-electron chi connectivity index (χ4n) is 2.45. The van der Waals surface area contributed by atoms with E-state index in [0.29, 0.717) is 12.8 Å². The first-order valence-electron chi connectivity index (χ1n) is 7.98. The van der Waals surface area contributed by atoms with Crippen LogP contribution in [0.25, 0.3) is 0 Å². The van der Waals surface area contributed by atoms with Crippen LogP contribution in [0.1, 0.15) is 32.4 Å². The molecule has 2 radical (unpaired) electrons. The maximum atomic E-state index is 11.9. The van der Waals surface area contributed by atoms with Gasteiger partial charge in [-0.05, 0) is 6.42 Å². The van der Waals surface area contributed by atoms with Gasteiger partial charge in [-0.3, -0.25) is 23.4 Å². The van der Waals surface area contributed by atoms with Crippen LogP contribution in [0.15, 0.2) is 21.9 Å². The quantitative estimate of drug-likeness (QED) is 0.335. The van der Waals surface area contributed by atoms with Crippen LogP contribution in [0.3, 0.4) is 0 Å². The molecule has 12 heteroatoms. The van der Waals surface area contributed by atoms with Crippen LogP contribution < -0.4 is 11.2 Å². The first-order chi connectivity index (χ1) is 11.9. The topological polar surface area (TPSA) is 129 Å². The molecule has 1 unspecified atom stereocenters. The maximum Gasteiger partial charge on any atom is 0.472 e. The van der Waals surface area contributed by atoms with Crippen LogP contribution in [-0.2, 0) is 23.1 Å². The molecule has 144 valence electrons. The first kappa shape index (κ1) is 24.0. The smallest absolute Gasteiger partial charge is 0.377 e. The van der Waals surface area contributed by atoms with Crippen LogP contribution in [0.4, 0.5) is 0 Å². The zero-order valence-electron chi connectivity index (χ0n) is 14.8. The summed E-state index contributed by atoms with van der Waals surface area (Å²) in [6, 6.07) is 1.20. The molecule has 2 rings (SSSR count). The summed E-state index contributed by atoms with van der Waals surface area (Å²) in [6.07, 6.45) is 1.32. The minimum atomic E-state index is -4.15. The predicted molar refractivity (Wildman–Crippen MR) is 93.0 cm³/mol. The van der Waals surface area contributed by atoms with Crippen molar-refractivity contribution in [3.8, 4) is 0 Å². The third kappa shape index (κ3) is 6.85. The SMILES string of the molecule is CCCCOP(=O)(O)OC[C@H]1C[C@@H](OC)[C@H](n2ccc(=O)[nH]c2=O)O1.[Ca]. The molecule has 0 spiro atoms. The summed E-state index contributed by atoms with van der Waals surface area (Å²) >= 11 is 0. The molecule has 0 aromatic carbocycles. The van der Waals surface area contributed by atoms with E-state index in [-0.39, 0.29) is 51.0 Å². The van der Waals surface area contributed by atoms with Crippen LogP contribution in [0.5, 0.6) is 0 Å². The van der Waals surface area contributed by atoms with Gasteiger partial charge in [-0.2, -0.15) is 0 Å². The predicted octanol–water partition coefficient (Wildman–Crippen LogP) is 0.392. The number of nitrogens with one attached hydrogen (secondary N) is 1. The summed E-state index contributed by atoms with van der Waals surface area (Å²) in [4.78, 5) is 34.8. The molecule has 1 fully saturated rings. The number of hydrogen-bond donors (Lipinski definition) is 2. The van der Waals surface area contributed by atoms with E-state index in [1.807, 2.05) is 6.92 Å². The average Bonchev–Trinajstić information content (AvgIpc) is 2.96. The molecular formula is C14H23CaN2O8P. The van der Waals surface area contributed by atoms with Crippen LogP contribution in [0.2, 0.25) is 0 Å². The molecule has 26 heavy (non-hydrogen) atoms. The second-order valence-corrected chi connectivity index (χ2v) is 7.08. The number of aromatic nitrogens is 2. The fourth-order valence-corrected chi connectivity index (χ4v) is 3.24. The third-order valence-electron chi connectivity index (χ3n) is 3.75. The Hall–Kier alpha value is -0.0303. The molecule has 0 amide bonds. The van der Waals surface area contributed by atoms with Crippen molar-refractivity contribution in [1.82, 2.24) is 9.55 Å². The molecule has 10 nitrogen and oxygen atoms in total. The molecule has 2 heterocycles. The van der Waals surface area contributed by atoms with Crippen molar-refractivity contribution < 1.29 is 28.0 Å². The van der Waals surface area contributed by atoms with E-state index in [9.17, 15) is 19.0 Å². The van der Waals surface area contributed by atoms with E-state index in [2.05, 4.69) is 4.98 Å². The molecule has 1 aliphatic rings. The fraction of sp³-hybridized carbons (Fsp3) is 0.714. The molecule has 2 N–H and O–H groups in total. The van der Waals surface area contributed by atoms with Crippen molar-refractivity contribution in [2.24, 2.45) is 0 Å².